The van der Waals surface area contributed by atoms with Gasteiger partial charge >= 0.3 is 12.5 Å². The van der Waals surface area contributed by atoms with Crippen molar-refractivity contribution in [3.05, 3.63) is 0 Å². The molecule has 0 heterocycles. The average Bonchev–Trinajstić information content (AvgIpc) is 1.84. The van der Waals surface area contributed by atoms with Crippen molar-refractivity contribution >= 4 is 0 Å². The summed E-state index contributed by atoms with van der Waals surface area (Å²) < 4.78 is 45.4. The van der Waals surface area contributed by atoms with E-state index in [1.807, 2.05) is 0 Å². The van der Waals surface area contributed by atoms with Gasteiger partial charge in [0.2, 0.25) is 0 Å². The maximum absolute atomic E-state index is 11.6. The van der Waals surface area contributed by atoms with E-state index < -0.39 is 12.5 Å². The molecule has 0 rings (SSSR count). The van der Waals surface area contributed by atoms with Crippen molar-refractivity contribution in [3.63, 3.8) is 0 Å². The van der Waals surface area contributed by atoms with Crippen molar-refractivity contribution in [2.45, 2.75) is 12.5 Å². The summed E-state index contributed by atoms with van der Waals surface area (Å²) in [6.45, 7) is 0. The number of hydrogen-bond donors (Lipinski definition) is 0. The van der Waals surface area contributed by atoms with E-state index in [0.29, 0.717) is 0 Å². The summed E-state index contributed by atoms with van der Waals surface area (Å²) in [5, 5.41) is 3.13. The van der Waals surface area contributed by atoms with Crippen LogP contribution < -0.4 is 0 Å². The van der Waals surface area contributed by atoms with E-state index in [4.69, 9.17) is 0 Å². The first-order valence-electron chi connectivity index (χ1n) is 2.05. The lowest BCUT2D eigenvalue weighted by Gasteiger charge is -2.11. The molecule has 0 aromatic carbocycles. The molecule has 0 N–H and O–H groups in total. The lowest BCUT2D eigenvalue weighted by atomic mass is 10.7. The molecule has 0 spiro atoms. The molecule has 10 heavy (non-hydrogen) atoms. The van der Waals surface area contributed by atoms with Gasteiger partial charge in [-0.1, -0.05) is 5.04 Å². The van der Waals surface area contributed by atoms with E-state index in [9.17, 15) is 17.6 Å². The first-order chi connectivity index (χ1) is 4.50. The Kier molecular flexibility index (Phi) is 3.54. The van der Waals surface area contributed by atoms with Crippen molar-refractivity contribution in [2.24, 2.45) is 0 Å². The van der Waals surface area contributed by atoms with E-state index in [0.717, 1.165) is 7.11 Å². The molecule has 62 valence electrons. The van der Waals surface area contributed by atoms with Gasteiger partial charge in [-0.05, 0) is 0 Å². The molecule has 0 fully saturated rings. The van der Waals surface area contributed by atoms with Crippen molar-refractivity contribution in [2.75, 3.05) is 7.11 Å². The first-order valence-corrected chi connectivity index (χ1v) is 2.05. The van der Waals surface area contributed by atoms with Crippen molar-refractivity contribution in [1.29, 1.82) is 0 Å². The highest BCUT2D eigenvalue weighted by molar-refractivity contribution is 4.50. The second-order valence-electron chi connectivity index (χ2n) is 1.18. The molecule has 0 saturated heterocycles. The van der Waals surface area contributed by atoms with Crippen LogP contribution in [0.5, 0.6) is 0 Å². The minimum Gasteiger partial charge on any atom is -0.209 e. The second-order valence-corrected chi connectivity index (χ2v) is 1.18. The normalized spacial score (nSPS) is 12.6. The molecule has 0 aliphatic rings. The fourth-order valence-corrected chi connectivity index (χ4v) is 0.116. The SMILES string of the molecule is COOOC(F)(F)C(F)F. The zero-order chi connectivity index (χ0) is 8.20. The number of hydrogen-bond acceptors (Lipinski definition) is 3. The largest absolute Gasteiger partial charge is 0.444 e. The number of rotatable bonds is 4. The van der Waals surface area contributed by atoms with Crippen LogP contribution in [0.3, 0.4) is 0 Å². The van der Waals surface area contributed by atoms with Gasteiger partial charge in [0.1, 0.15) is 0 Å². The average molecular weight is 164 g/mol. The zero-order valence-electron chi connectivity index (χ0n) is 4.81. The highest BCUT2D eigenvalue weighted by atomic mass is 19.3. The van der Waals surface area contributed by atoms with Crippen LogP contribution in [0.15, 0.2) is 0 Å². The minimum absolute atomic E-state index is 0.835. The molecule has 0 aromatic rings. The van der Waals surface area contributed by atoms with E-state index in [1.165, 1.54) is 0 Å². The Morgan fingerprint density at radius 3 is 2.10 bits per heavy atom. The van der Waals surface area contributed by atoms with Gasteiger partial charge in [0.15, 0.2) is 0 Å². The predicted octanol–water partition coefficient (Wildman–Crippen LogP) is 1.35. The number of alkyl halides is 4. The van der Waals surface area contributed by atoms with Crippen LogP contribution in [0.25, 0.3) is 0 Å². The molecule has 0 aliphatic carbocycles. The molecule has 0 aliphatic heterocycles. The number of halogens is 4. The predicted molar refractivity (Wildman–Crippen MR) is 20.1 cm³/mol. The molecular formula is C3H4F4O3. The Bertz CT molecular complexity index is 95.7. The Labute approximate surface area is 53.3 Å². The third-order valence-electron chi connectivity index (χ3n) is 0.467. The third-order valence-corrected chi connectivity index (χ3v) is 0.467. The van der Waals surface area contributed by atoms with Crippen LogP contribution >= 0.6 is 0 Å². The fourth-order valence-electron chi connectivity index (χ4n) is 0.116. The van der Waals surface area contributed by atoms with E-state index in [2.05, 4.69) is 14.8 Å². The second kappa shape index (κ2) is 3.69. The van der Waals surface area contributed by atoms with E-state index in [1.54, 1.807) is 0 Å². The van der Waals surface area contributed by atoms with Crippen LogP contribution in [-0.4, -0.2) is 19.6 Å². The lowest BCUT2D eigenvalue weighted by Crippen LogP contribution is -2.29. The molecular weight excluding hydrogens is 160 g/mol. The molecule has 7 heteroatoms. The summed E-state index contributed by atoms with van der Waals surface area (Å²) in [6, 6.07) is 0. The van der Waals surface area contributed by atoms with Gasteiger partial charge in [-0.3, -0.25) is 0 Å². The van der Waals surface area contributed by atoms with Crippen LogP contribution in [0.4, 0.5) is 17.6 Å². The fraction of sp³-hybridized carbons (Fsp3) is 1.00. The molecule has 3 nitrogen and oxygen atoms in total. The third kappa shape index (κ3) is 2.95. The van der Waals surface area contributed by atoms with Gasteiger partial charge in [-0.15, -0.1) is 4.89 Å². The highest BCUT2D eigenvalue weighted by Crippen LogP contribution is 2.23. The van der Waals surface area contributed by atoms with Crippen LogP contribution in [0.2, 0.25) is 0 Å². The summed E-state index contributed by atoms with van der Waals surface area (Å²) in [5.74, 6) is 0. The highest BCUT2D eigenvalue weighted by Gasteiger charge is 2.44. The summed E-state index contributed by atoms with van der Waals surface area (Å²) >= 11 is 0. The molecule has 0 radical (unpaired) electrons. The maximum Gasteiger partial charge on any atom is 0.444 e. The van der Waals surface area contributed by atoms with Crippen LogP contribution in [-0.2, 0) is 14.8 Å². The quantitative estimate of drug-likeness (QED) is 0.356. The summed E-state index contributed by atoms with van der Waals surface area (Å²) in [6.07, 6.45) is -8.57. The van der Waals surface area contributed by atoms with E-state index in [-0.39, 0.29) is 0 Å². The van der Waals surface area contributed by atoms with Gasteiger partial charge < -0.3 is 0 Å². The molecule has 0 atom stereocenters. The van der Waals surface area contributed by atoms with Crippen molar-refractivity contribution in [3.8, 4) is 0 Å². The minimum atomic E-state index is -4.63. The van der Waals surface area contributed by atoms with Gasteiger partial charge in [0, 0.05) is 0 Å². The maximum atomic E-state index is 11.6. The summed E-state index contributed by atoms with van der Waals surface area (Å²) in [5.41, 5.74) is 0. The molecule has 0 bridgehead atoms. The molecule has 0 unspecified atom stereocenters. The molecule has 0 aromatic heterocycles. The molecule has 0 amide bonds. The van der Waals surface area contributed by atoms with Gasteiger partial charge in [-0.25, -0.2) is 13.7 Å². The zero-order valence-corrected chi connectivity index (χ0v) is 4.81. The summed E-state index contributed by atoms with van der Waals surface area (Å²) in [7, 11) is 0.835. The smallest absolute Gasteiger partial charge is 0.209 e. The molecule has 0 saturated carbocycles. The lowest BCUT2D eigenvalue weighted by molar-refractivity contribution is -0.582. The van der Waals surface area contributed by atoms with Gasteiger partial charge in [0.25, 0.3) is 0 Å². The van der Waals surface area contributed by atoms with Gasteiger partial charge in [0.05, 0.1) is 7.11 Å². The van der Waals surface area contributed by atoms with Crippen LogP contribution in [0.1, 0.15) is 0 Å². The summed E-state index contributed by atoms with van der Waals surface area (Å²) in [4.78, 5) is 6.33. The Morgan fingerprint density at radius 2 is 1.80 bits per heavy atom. The Hall–Kier alpha value is -0.400. The Morgan fingerprint density at radius 1 is 1.30 bits per heavy atom. The van der Waals surface area contributed by atoms with Crippen LogP contribution in [0, 0.1) is 0 Å². The Balaban J connectivity index is 3.63. The standard InChI is InChI=1S/C3H4F4O3/c1-8-10-9-3(6,7)2(4)5/h2H,1H3. The van der Waals surface area contributed by atoms with Crippen molar-refractivity contribution < 1.29 is 32.4 Å². The van der Waals surface area contributed by atoms with Gasteiger partial charge in [-0.2, -0.15) is 8.78 Å². The topological polar surface area (TPSA) is 27.7 Å². The van der Waals surface area contributed by atoms with Crippen molar-refractivity contribution in [1.82, 2.24) is 0 Å². The first kappa shape index (κ1) is 9.60. The monoisotopic (exact) mass is 164 g/mol. The van der Waals surface area contributed by atoms with E-state index >= 15 is 0 Å².